The third kappa shape index (κ3) is 3.88. The summed E-state index contributed by atoms with van der Waals surface area (Å²) in [6.45, 7) is 0.998. The lowest BCUT2D eigenvalue weighted by atomic mass is 10.1. The fourth-order valence-electron chi connectivity index (χ4n) is 3.53. The van der Waals surface area contributed by atoms with Gasteiger partial charge in [0.1, 0.15) is 24.7 Å². The Morgan fingerprint density at radius 3 is 2.47 bits per heavy atom. The van der Waals surface area contributed by atoms with Gasteiger partial charge in [0.15, 0.2) is 11.5 Å². The number of benzene rings is 3. The molecule has 0 aliphatic carbocycles. The molecule has 0 atom stereocenters. The van der Waals surface area contributed by atoms with Crippen molar-refractivity contribution in [2.75, 3.05) is 25.6 Å². The number of para-hydroxylation sites is 1. The molecule has 0 fully saturated rings. The first kappa shape index (κ1) is 19.7. The minimum atomic E-state index is -0.269. The van der Waals surface area contributed by atoms with Crippen molar-refractivity contribution in [2.24, 2.45) is 0 Å². The first-order chi connectivity index (χ1) is 15.7. The van der Waals surface area contributed by atoms with Gasteiger partial charge in [0, 0.05) is 23.5 Å². The lowest BCUT2D eigenvalue weighted by Gasteiger charge is -2.19. The van der Waals surface area contributed by atoms with E-state index in [1.807, 2.05) is 54.6 Å². The molecule has 0 bridgehead atoms. The van der Waals surface area contributed by atoms with Crippen LogP contribution in [0.1, 0.15) is 10.4 Å². The molecular weight excluding hydrogens is 406 g/mol. The van der Waals surface area contributed by atoms with Gasteiger partial charge in [0.25, 0.3) is 5.91 Å². The van der Waals surface area contributed by atoms with Crippen molar-refractivity contribution in [1.82, 2.24) is 9.78 Å². The van der Waals surface area contributed by atoms with Gasteiger partial charge in [-0.25, -0.2) is 4.68 Å². The summed E-state index contributed by atoms with van der Waals surface area (Å²) in [5.41, 5.74) is 3.32. The Kier molecular flexibility index (Phi) is 5.21. The number of fused-ring (bicyclic) bond motifs is 1. The molecule has 7 heteroatoms. The summed E-state index contributed by atoms with van der Waals surface area (Å²) in [4.78, 5) is 13.3. The standard InChI is InChI=1S/C25H21N3O4/c1-30-20-10-7-17(8-11-20)24-21(16-28(27-24)19-5-3-2-4-6-19)25(29)26-18-9-12-22-23(15-18)32-14-13-31-22/h2-12,15-16H,13-14H2,1H3,(H,26,29). The number of hydrogen-bond acceptors (Lipinski definition) is 5. The van der Waals surface area contributed by atoms with Crippen LogP contribution in [0.3, 0.4) is 0 Å². The molecule has 160 valence electrons. The number of nitrogens with one attached hydrogen (secondary N) is 1. The fourth-order valence-corrected chi connectivity index (χ4v) is 3.53. The second-order valence-corrected chi connectivity index (χ2v) is 7.21. The van der Waals surface area contributed by atoms with Crippen molar-refractivity contribution in [1.29, 1.82) is 0 Å². The molecular formula is C25H21N3O4. The third-order valence-electron chi connectivity index (χ3n) is 5.14. The fraction of sp³-hybridized carbons (Fsp3) is 0.120. The van der Waals surface area contributed by atoms with Crippen LogP contribution in [0.25, 0.3) is 16.9 Å². The summed E-state index contributed by atoms with van der Waals surface area (Å²) < 4.78 is 18.1. The average molecular weight is 427 g/mol. The van der Waals surface area contributed by atoms with E-state index < -0.39 is 0 Å². The average Bonchev–Trinajstić information content (AvgIpc) is 3.30. The molecule has 4 aromatic rings. The lowest BCUT2D eigenvalue weighted by molar-refractivity contribution is 0.102. The first-order valence-electron chi connectivity index (χ1n) is 10.2. The molecule has 1 aromatic heterocycles. The van der Waals surface area contributed by atoms with E-state index in [1.54, 1.807) is 36.2 Å². The molecule has 2 heterocycles. The molecule has 1 N–H and O–H groups in total. The maximum Gasteiger partial charge on any atom is 0.259 e. The van der Waals surface area contributed by atoms with Crippen LogP contribution in [0.4, 0.5) is 5.69 Å². The highest BCUT2D eigenvalue weighted by molar-refractivity contribution is 6.08. The highest BCUT2D eigenvalue weighted by atomic mass is 16.6. The molecule has 32 heavy (non-hydrogen) atoms. The minimum absolute atomic E-state index is 0.269. The van der Waals surface area contributed by atoms with E-state index in [0.29, 0.717) is 41.7 Å². The number of aromatic nitrogens is 2. The summed E-state index contributed by atoms with van der Waals surface area (Å²) in [7, 11) is 1.62. The van der Waals surface area contributed by atoms with Crippen LogP contribution in [0, 0.1) is 0 Å². The Morgan fingerprint density at radius 1 is 0.969 bits per heavy atom. The number of anilines is 1. The number of ether oxygens (including phenoxy) is 3. The van der Waals surface area contributed by atoms with Crippen LogP contribution in [0.2, 0.25) is 0 Å². The Bertz CT molecular complexity index is 1250. The van der Waals surface area contributed by atoms with Gasteiger partial charge < -0.3 is 19.5 Å². The summed E-state index contributed by atoms with van der Waals surface area (Å²) in [5, 5.41) is 7.66. The van der Waals surface area contributed by atoms with Crippen LogP contribution in [0.5, 0.6) is 17.2 Å². The van der Waals surface area contributed by atoms with E-state index >= 15 is 0 Å². The van der Waals surface area contributed by atoms with E-state index in [4.69, 9.17) is 19.3 Å². The molecule has 1 aliphatic heterocycles. The molecule has 1 aliphatic rings. The second kappa shape index (κ2) is 8.47. The van der Waals surface area contributed by atoms with Gasteiger partial charge >= 0.3 is 0 Å². The predicted molar refractivity (Wildman–Crippen MR) is 121 cm³/mol. The minimum Gasteiger partial charge on any atom is -0.497 e. The molecule has 0 radical (unpaired) electrons. The van der Waals surface area contributed by atoms with Crippen LogP contribution >= 0.6 is 0 Å². The first-order valence-corrected chi connectivity index (χ1v) is 10.2. The van der Waals surface area contributed by atoms with E-state index in [0.717, 1.165) is 17.0 Å². The zero-order valence-corrected chi connectivity index (χ0v) is 17.4. The zero-order chi connectivity index (χ0) is 21.9. The van der Waals surface area contributed by atoms with Gasteiger partial charge in [-0.1, -0.05) is 18.2 Å². The zero-order valence-electron chi connectivity index (χ0n) is 17.4. The van der Waals surface area contributed by atoms with Crippen LogP contribution in [-0.4, -0.2) is 36.0 Å². The number of rotatable bonds is 5. The number of carbonyl (C=O) groups excluding carboxylic acids is 1. The van der Waals surface area contributed by atoms with Crippen molar-refractivity contribution >= 4 is 11.6 Å². The Hall–Kier alpha value is -4.26. The summed E-state index contributed by atoms with van der Waals surface area (Å²) >= 11 is 0. The number of nitrogens with zero attached hydrogens (tertiary/aromatic N) is 2. The smallest absolute Gasteiger partial charge is 0.259 e. The van der Waals surface area contributed by atoms with E-state index in [-0.39, 0.29) is 5.91 Å². The van der Waals surface area contributed by atoms with E-state index in [1.165, 1.54) is 0 Å². The van der Waals surface area contributed by atoms with Gasteiger partial charge in [-0.3, -0.25) is 4.79 Å². The van der Waals surface area contributed by atoms with E-state index in [9.17, 15) is 4.79 Å². The molecule has 0 saturated carbocycles. The van der Waals surface area contributed by atoms with Gasteiger partial charge in [-0.15, -0.1) is 0 Å². The van der Waals surface area contributed by atoms with Crippen molar-refractivity contribution in [2.45, 2.75) is 0 Å². The van der Waals surface area contributed by atoms with Gasteiger partial charge in [-0.2, -0.15) is 5.10 Å². The number of carbonyl (C=O) groups is 1. The van der Waals surface area contributed by atoms with Crippen molar-refractivity contribution in [3.63, 3.8) is 0 Å². The summed E-state index contributed by atoms with van der Waals surface area (Å²) in [6, 6.07) is 22.5. The Labute approximate surface area is 185 Å². The third-order valence-corrected chi connectivity index (χ3v) is 5.14. The topological polar surface area (TPSA) is 74.6 Å². The molecule has 0 spiro atoms. The van der Waals surface area contributed by atoms with Crippen molar-refractivity contribution in [3.8, 4) is 34.2 Å². The Morgan fingerprint density at radius 2 is 1.72 bits per heavy atom. The van der Waals surface area contributed by atoms with Crippen LogP contribution in [0.15, 0.2) is 79.0 Å². The van der Waals surface area contributed by atoms with Crippen molar-refractivity contribution in [3.05, 3.63) is 84.6 Å². The van der Waals surface area contributed by atoms with Crippen LogP contribution in [-0.2, 0) is 0 Å². The van der Waals surface area contributed by atoms with Crippen molar-refractivity contribution < 1.29 is 19.0 Å². The predicted octanol–water partition coefficient (Wildman–Crippen LogP) is 4.57. The largest absolute Gasteiger partial charge is 0.497 e. The van der Waals surface area contributed by atoms with Gasteiger partial charge in [0.05, 0.1) is 18.4 Å². The monoisotopic (exact) mass is 427 g/mol. The van der Waals surface area contributed by atoms with Gasteiger partial charge in [-0.05, 0) is 48.5 Å². The summed E-state index contributed by atoms with van der Waals surface area (Å²) in [6.07, 6.45) is 1.74. The number of amides is 1. The number of methoxy groups -OCH3 is 1. The maximum atomic E-state index is 13.3. The van der Waals surface area contributed by atoms with Gasteiger partial charge in [0.2, 0.25) is 0 Å². The highest BCUT2D eigenvalue weighted by Gasteiger charge is 2.20. The summed E-state index contributed by atoms with van der Waals surface area (Å²) in [5.74, 6) is 1.75. The quantitative estimate of drug-likeness (QED) is 0.505. The molecule has 5 rings (SSSR count). The van der Waals surface area contributed by atoms with E-state index in [2.05, 4.69) is 5.32 Å². The lowest BCUT2D eigenvalue weighted by Crippen LogP contribution is -2.16. The second-order valence-electron chi connectivity index (χ2n) is 7.21. The maximum absolute atomic E-state index is 13.3. The van der Waals surface area contributed by atoms with Crippen LogP contribution < -0.4 is 19.5 Å². The molecule has 3 aromatic carbocycles. The Balaban J connectivity index is 1.51. The molecule has 1 amide bonds. The SMILES string of the molecule is COc1ccc(-c2nn(-c3ccccc3)cc2C(=O)Nc2ccc3c(c2)OCCO3)cc1. The highest BCUT2D eigenvalue weighted by Crippen LogP contribution is 2.33. The molecule has 0 saturated heterocycles. The molecule has 7 nitrogen and oxygen atoms in total. The normalized spacial score (nSPS) is 12.3. The molecule has 0 unspecified atom stereocenters. The number of hydrogen-bond donors (Lipinski definition) is 1.